The van der Waals surface area contributed by atoms with Gasteiger partial charge in [-0.25, -0.2) is 0 Å². The van der Waals surface area contributed by atoms with E-state index in [9.17, 15) is 20.1 Å². The van der Waals surface area contributed by atoms with E-state index in [0.29, 0.717) is 19.3 Å². The van der Waals surface area contributed by atoms with Gasteiger partial charge in [-0.15, -0.1) is 6.58 Å². The number of aliphatic carboxylic acids is 1. The molecule has 134 valence electrons. The lowest BCUT2D eigenvalue weighted by molar-refractivity contribution is -0.313. The van der Waals surface area contributed by atoms with Gasteiger partial charge in [0.15, 0.2) is 6.29 Å². The van der Waals surface area contributed by atoms with Crippen LogP contribution >= 0.6 is 0 Å². The van der Waals surface area contributed by atoms with E-state index >= 15 is 0 Å². The van der Waals surface area contributed by atoms with E-state index in [4.69, 9.17) is 14.6 Å². The molecule has 7 atom stereocenters. The van der Waals surface area contributed by atoms with Crippen LogP contribution < -0.4 is 0 Å². The lowest BCUT2D eigenvalue weighted by Gasteiger charge is -2.42. The molecule has 1 rings (SSSR count). The van der Waals surface area contributed by atoms with Gasteiger partial charge in [0.1, 0.15) is 18.3 Å². The monoisotopic (exact) mass is 332 g/mol. The molecule has 1 fully saturated rings. The van der Waals surface area contributed by atoms with Gasteiger partial charge < -0.3 is 29.9 Å². The Morgan fingerprint density at radius 3 is 2.48 bits per heavy atom. The van der Waals surface area contributed by atoms with E-state index in [2.05, 4.69) is 6.58 Å². The van der Waals surface area contributed by atoms with Crippen molar-refractivity contribution in [2.75, 3.05) is 0 Å². The molecular formula is C16H28O7. The van der Waals surface area contributed by atoms with E-state index in [-0.39, 0.29) is 0 Å². The predicted molar refractivity (Wildman–Crippen MR) is 82.7 cm³/mol. The van der Waals surface area contributed by atoms with E-state index in [1.54, 1.807) is 26.8 Å². The maximum Gasteiger partial charge on any atom is 0.306 e. The third-order valence-corrected chi connectivity index (χ3v) is 4.36. The lowest BCUT2D eigenvalue weighted by atomic mass is 9.94. The van der Waals surface area contributed by atoms with Gasteiger partial charge in [0.05, 0.1) is 17.6 Å². The van der Waals surface area contributed by atoms with Crippen LogP contribution in [0.1, 0.15) is 40.0 Å². The quantitative estimate of drug-likeness (QED) is 0.483. The smallest absolute Gasteiger partial charge is 0.306 e. The van der Waals surface area contributed by atoms with Crippen molar-refractivity contribution in [2.24, 2.45) is 5.92 Å². The highest BCUT2D eigenvalue weighted by molar-refractivity contribution is 5.69. The van der Waals surface area contributed by atoms with Crippen LogP contribution in [0.15, 0.2) is 12.7 Å². The predicted octanol–water partition coefficient (Wildman–Crippen LogP) is 0.666. The number of carboxylic acids is 1. The van der Waals surface area contributed by atoms with E-state index in [1.165, 1.54) is 0 Å². The summed E-state index contributed by atoms with van der Waals surface area (Å²) >= 11 is 0. The molecule has 0 spiro atoms. The molecular weight excluding hydrogens is 304 g/mol. The van der Waals surface area contributed by atoms with Crippen molar-refractivity contribution in [3.8, 4) is 0 Å². The van der Waals surface area contributed by atoms with Crippen LogP contribution in [0.3, 0.4) is 0 Å². The van der Waals surface area contributed by atoms with Crippen LogP contribution in [0, 0.1) is 5.92 Å². The fraction of sp³-hybridized carbons (Fsp3) is 0.812. The Balaban J connectivity index is 2.63. The van der Waals surface area contributed by atoms with Gasteiger partial charge in [-0.2, -0.15) is 0 Å². The molecule has 0 bridgehead atoms. The van der Waals surface area contributed by atoms with Crippen molar-refractivity contribution < 1.29 is 34.7 Å². The summed E-state index contributed by atoms with van der Waals surface area (Å²) in [4.78, 5) is 10.8. The fourth-order valence-electron chi connectivity index (χ4n) is 2.47. The Bertz CT molecular complexity index is 413. The number of rotatable bonds is 8. The molecule has 1 heterocycles. The van der Waals surface area contributed by atoms with Crippen molar-refractivity contribution >= 4 is 5.97 Å². The molecule has 1 saturated heterocycles. The van der Waals surface area contributed by atoms with Crippen molar-refractivity contribution in [1.29, 1.82) is 0 Å². The molecule has 1 aliphatic rings. The van der Waals surface area contributed by atoms with Crippen LogP contribution in [-0.2, 0) is 14.3 Å². The summed E-state index contributed by atoms with van der Waals surface area (Å²) in [5.74, 6) is -1.29. The van der Waals surface area contributed by atoms with Gasteiger partial charge in [-0.05, 0) is 33.1 Å². The van der Waals surface area contributed by atoms with Crippen molar-refractivity contribution in [3.05, 3.63) is 12.7 Å². The minimum absolute atomic E-state index is 0.447. The highest BCUT2D eigenvalue weighted by Gasteiger charge is 2.44. The topological polar surface area (TPSA) is 116 Å². The lowest BCUT2D eigenvalue weighted by Crippen LogP contribution is -2.58. The zero-order chi connectivity index (χ0) is 17.8. The molecule has 0 aromatic rings. The Kier molecular flexibility index (Phi) is 7.16. The van der Waals surface area contributed by atoms with E-state index in [0.717, 1.165) is 0 Å². The summed E-state index contributed by atoms with van der Waals surface area (Å²) in [6, 6.07) is 0. The van der Waals surface area contributed by atoms with Crippen LogP contribution in [-0.4, -0.2) is 62.7 Å². The Labute approximate surface area is 136 Å². The summed E-state index contributed by atoms with van der Waals surface area (Å²) in [6.07, 6.45) is -2.54. The maximum absolute atomic E-state index is 10.8. The zero-order valence-corrected chi connectivity index (χ0v) is 13.9. The van der Waals surface area contributed by atoms with Crippen LogP contribution in [0.25, 0.3) is 0 Å². The van der Waals surface area contributed by atoms with Crippen molar-refractivity contribution in [3.63, 3.8) is 0 Å². The molecule has 1 aliphatic heterocycles. The summed E-state index contributed by atoms with van der Waals surface area (Å²) in [5, 5.41) is 38.4. The van der Waals surface area contributed by atoms with Gasteiger partial charge >= 0.3 is 5.97 Å². The minimum atomic E-state index is -1.38. The maximum atomic E-state index is 10.8. The van der Waals surface area contributed by atoms with Crippen molar-refractivity contribution in [1.82, 2.24) is 0 Å². The second-order valence-electron chi connectivity index (χ2n) is 6.45. The number of carboxylic acid groups (broad SMARTS) is 1. The first kappa shape index (κ1) is 20.1. The van der Waals surface area contributed by atoms with Gasteiger partial charge in [-0.3, -0.25) is 4.79 Å². The molecule has 7 heteroatoms. The first-order valence-corrected chi connectivity index (χ1v) is 7.85. The molecule has 7 nitrogen and oxygen atoms in total. The Morgan fingerprint density at radius 1 is 1.35 bits per heavy atom. The standard InChI is InChI=1S/C16H28O7/c1-5-16(4,8-6-7-9(2)14(20)21)23-15-13(19)12(18)11(17)10(3)22-15/h5,9-13,15,17-19H,1,6-8H2,2-4H3,(H,20,21)/t9?,10?,11-,12?,13?,15+,16?/m1/s1. The molecule has 4 N–H and O–H groups in total. The largest absolute Gasteiger partial charge is 0.481 e. The number of aliphatic hydroxyl groups excluding tert-OH is 3. The molecule has 23 heavy (non-hydrogen) atoms. The van der Waals surface area contributed by atoms with E-state index < -0.39 is 48.2 Å². The van der Waals surface area contributed by atoms with E-state index in [1.807, 2.05) is 0 Å². The second kappa shape index (κ2) is 8.21. The molecule has 0 radical (unpaired) electrons. The number of carbonyl (C=O) groups is 1. The first-order valence-electron chi connectivity index (χ1n) is 7.85. The highest BCUT2D eigenvalue weighted by atomic mass is 16.7. The summed E-state index contributed by atoms with van der Waals surface area (Å²) in [6.45, 7) is 8.69. The van der Waals surface area contributed by atoms with Crippen LogP contribution in [0.5, 0.6) is 0 Å². The van der Waals surface area contributed by atoms with Crippen LogP contribution in [0.2, 0.25) is 0 Å². The first-order chi connectivity index (χ1) is 10.6. The molecule has 0 aliphatic carbocycles. The summed E-state index contributed by atoms with van der Waals surface area (Å²) < 4.78 is 11.2. The Hall–Kier alpha value is -0.990. The minimum Gasteiger partial charge on any atom is -0.481 e. The van der Waals surface area contributed by atoms with Gasteiger partial charge in [0, 0.05) is 0 Å². The number of hydrogen-bond donors (Lipinski definition) is 4. The molecule has 0 saturated carbocycles. The molecule has 0 aromatic heterocycles. The van der Waals surface area contributed by atoms with Gasteiger partial charge in [0.25, 0.3) is 0 Å². The van der Waals surface area contributed by atoms with Gasteiger partial charge in [-0.1, -0.05) is 13.0 Å². The fourth-order valence-corrected chi connectivity index (χ4v) is 2.47. The Morgan fingerprint density at radius 2 is 1.96 bits per heavy atom. The zero-order valence-electron chi connectivity index (χ0n) is 13.9. The average molecular weight is 332 g/mol. The van der Waals surface area contributed by atoms with Gasteiger partial charge in [0.2, 0.25) is 0 Å². The molecule has 0 aromatic carbocycles. The third-order valence-electron chi connectivity index (χ3n) is 4.36. The summed E-state index contributed by atoms with van der Waals surface area (Å²) in [5.41, 5.74) is -0.842. The number of ether oxygens (including phenoxy) is 2. The molecule has 0 amide bonds. The third kappa shape index (κ3) is 5.26. The molecule has 5 unspecified atom stereocenters. The highest BCUT2D eigenvalue weighted by Crippen LogP contribution is 2.29. The summed E-state index contributed by atoms with van der Waals surface area (Å²) in [7, 11) is 0. The average Bonchev–Trinajstić information content (AvgIpc) is 2.50. The number of hydrogen-bond acceptors (Lipinski definition) is 6. The second-order valence-corrected chi connectivity index (χ2v) is 6.45. The van der Waals surface area contributed by atoms with Crippen LogP contribution in [0.4, 0.5) is 0 Å². The van der Waals surface area contributed by atoms with Crippen molar-refractivity contribution in [2.45, 2.75) is 76.3 Å². The SMILES string of the molecule is C=CC(C)(CCCC(C)C(=O)O)O[C@@H]1OC(C)[C@@H](O)C(O)C1O. The number of aliphatic hydroxyl groups is 3. The normalized spacial score (nSPS) is 35.3.